The molecule has 0 unspecified atom stereocenters. The highest BCUT2D eigenvalue weighted by atomic mass is 35.5. The van der Waals surface area contributed by atoms with Crippen molar-refractivity contribution in [3.05, 3.63) is 46.7 Å². The molecule has 0 spiro atoms. The summed E-state index contributed by atoms with van der Waals surface area (Å²) in [7, 11) is 0. The molecule has 16 heavy (non-hydrogen) atoms. The van der Waals surface area contributed by atoms with Crippen molar-refractivity contribution in [3.8, 4) is 5.75 Å². The summed E-state index contributed by atoms with van der Waals surface area (Å²) in [5.41, 5.74) is 0.938. The molecule has 2 rings (SSSR count). The van der Waals surface area contributed by atoms with E-state index in [2.05, 4.69) is 15.0 Å². The standard InChI is InChI=1S/C10H7Cl2N3O/c11-9-8(5-14-10(12)15-9)16-6-7-2-1-3-13-4-7/h1-5H,6H2. The zero-order valence-electron chi connectivity index (χ0n) is 8.10. The molecule has 2 heterocycles. The van der Waals surface area contributed by atoms with E-state index in [-0.39, 0.29) is 10.4 Å². The lowest BCUT2D eigenvalue weighted by molar-refractivity contribution is 0.303. The van der Waals surface area contributed by atoms with Crippen molar-refractivity contribution in [2.24, 2.45) is 0 Å². The molecule has 0 aliphatic heterocycles. The lowest BCUT2D eigenvalue weighted by atomic mass is 10.3. The monoisotopic (exact) mass is 255 g/mol. The maximum absolute atomic E-state index is 5.82. The van der Waals surface area contributed by atoms with E-state index < -0.39 is 0 Å². The van der Waals surface area contributed by atoms with Crippen LogP contribution in [0.5, 0.6) is 5.75 Å². The van der Waals surface area contributed by atoms with Gasteiger partial charge in [-0.2, -0.15) is 0 Å². The molecule has 4 nitrogen and oxygen atoms in total. The number of rotatable bonds is 3. The van der Waals surface area contributed by atoms with Crippen LogP contribution in [0.25, 0.3) is 0 Å². The predicted molar refractivity (Wildman–Crippen MR) is 60.6 cm³/mol. The first-order valence-corrected chi connectivity index (χ1v) is 5.21. The second-order valence-electron chi connectivity index (χ2n) is 2.94. The minimum Gasteiger partial charge on any atom is -0.484 e. The molecule has 0 aromatic carbocycles. The largest absolute Gasteiger partial charge is 0.484 e. The quantitative estimate of drug-likeness (QED) is 0.625. The Morgan fingerprint density at radius 3 is 2.81 bits per heavy atom. The van der Waals surface area contributed by atoms with Crippen molar-refractivity contribution in [2.75, 3.05) is 0 Å². The molecule has 82 valence electrons. The van der Waals surface area contributed by atoms with Gasteiger partial charge in [-0.1, -0.05) is 17.7 Å². The highest BCUT2D eigenvalue weighted by Crippen LogP contribution is 2.22. The van der Waals surface area contributed by atoms with E-state index in [1.807, 2.05) is 12.1 Å². The smallest absolute Gasteiger partial charge is 0.224 e. The Hall–Kier alpha value is -1.39. The maximum atomic E-state index is 5.82. The van der Waals surface area contributed by atoms with Gasteiger partial charge in [-0.05, 0) is 17.7 Å². The lowest BCUT2D eigenvalue weighted by Crippen LogP contribution is -1.98. The van der Waals surface area contributed by atoms with Crippen molar-refractivity contribution in [2.45, 2.75) is 6.61 Å². The molecule has 2 aromatic rings. The number of aromatic nitrogens is 3. The molecule has 0 fully saturated rings. The fraction of sp³-hybridized carbons (Fsp3) is 0.100. The van der Waals surface area contributed by atoms with Gasteiger partial charge in [-0.15, -0.1) is 0 Å². The van der Waals surface area contributed by atoms with Crippen LogP contribution in [0.1, 0.15) is 5.56 Å². The van der Waals surface area contributed by atoms with Gasteiger partial charge in [-0.3, -0.25) is 4.98 Å². The summed E-state index contributed by atoms with van der Waals surface area (Å²) in [6.45, 7) is 0.360. The first-order valence-electron chi connectivity index (χ1n) is 4.45. The Labute approximate surface area is 102 Å². The topological polar surface area (TPSA) is 47.9 Å². The average Bonchev–Trinajstić information content (AvgIpc) is 2.29. The second-order valence-corrected chi connectivity index (χ2v) is 3.64. The Balaban J connectivity index is 2.05. The molecule has 0 aliphatic carbocycles. The number of halogens is 2. The fourth-order valence-corrected chi connectivity index (χ4v) is 1.43. The summed E-state index contributed by atoms with van der Waals surface area (Å²) < 4.78 is 5.42. The predicted octanol–water partition coefficient (Wildman–Crippen LogP) is 2.76. The van der Waals surface area contributed by atoms with E-state index in [0.717, 1.165) is 5.56 Å². The lowest BCUT2D eigenvalue weighted by Gasteiger charge is -2.06. The molecule has 0 amide bonds. The fourth-order valence-electron chi connectivity index (χ4n) is 1.07. The van der Waals surface area contributed by atoms with Crippen molar-refractivity contribution >= 4 is 23.2 Å². The van der Waals surface area contributed by atoms with Crippen molar-refractivity contribution in [1.29, 1.82) is 0 Å². The van der Waals surface area contributed by atoms with Gasteiger partial charge in [0, 0.05) is 18.0 Å². The summed E-state index contributed by atoms with van der Waals surface area (Å²) >= 11 is 11.4. The van der Waals surface area contributed by atoms with Gasteiger partial charge < -0.3 is 4.74 Å². The molecule has 0 saturated carbocycles. The number of ether oxygens (including phenoxy) is 1. The van der Waals surface area contributed by atoms with Crippen LogP contribution in [0, 0.1) is 0 Å². The van der Waals surface area contributed by atoms with E-state index in [9.17, 15) is 0 Å². The summed E-state index contributed by atoms with van der Waals surface area (Å²) in [5, 5.41) is 0.294. The van der Waals surface area contributed by atoms with Crippen LogP contribution in [0.3, 0.4) is 0 Å². The summed E-state index contributed by atoms with van der Waals surface area (Å²) in [6, 6.07) is 3.73. The van der Waals surface area contributed by atoms with Crippen LogP contribution in [0.4, 0.5) is 0 Å². The summed E-state index contributed by atoms with van der Waals surface area (Å²) in [6.07, 6.45) is 4.85. The molecule has 0 N–H and O–H groups in total. The highest BCUT2D eigenvalue weighted by molar-refractivity contribution is 6.32. The number of pyridine rings is 1. The average molecular weight is 256 g/mol. The van der Waals surface area contributed by atoms with Gasteiger partial charge >= 0.3 is 0 Å². The van der Waals surface area contributed by atoms with Crippen LogP contribution in [-0.4, -0.2) is 15.0 Å². The van der Waals surface area contributed by atoms with E-state index in [0.29, 0.717) is 12.4 Å². The SMILES string of the molecule is Clc1ncc(OCc2cccnc2)c(Cl)n1. The normalized spacial score (nSPS) is 10.1. The molecule has 0 radical (unpaired) electrons. The Morgan fingerprint density at radius 1 is 1.25 bits per heavy atom. The third-order valence-electron chi connectivity index (χ3n) is 1.80. The Morgan fingerprint density at radius 2 is 2.12 bits per heavy atom. The molecular formula is C10H7Cl2N3O. The van der Waals surface area contributed by atoms with Gasteiger partial charge in [0.25, 0.3) is 0 Å². The first-order chi connectivity index (χ1) is 7.75. The highest BCUT2D eigenvalue weighted by Gasteiger charge is 2.05. The number of nitrogens with zero attached hydrogens (tertiary/aromatic N) is 3. The Kier molecular flexibility index (Phi) is 3.54. The number of hydrogen-bond donors (Lipinski definition) is 0. The second kappa shape index (κ2) is 5.09. The third kappa shape index (κ3) is 2.81. The molecule has 0 aliphatic rings. The van der Waals surface area contributed by atoms with Crippen molar-refractivity contribution in [3.63, 3.8) is 0 Å². The van der Waals surface area contributed by atoms with Crippen molar-refractivity contribution in [1.82, 2.24) is 15.0 Å². The molecule has 6 heteroatoms. The van der Waals surface area contributed by atoms with Gasteiger partial charge in [0.2, 0.25) is 5.28 Å². The minimum absolute atomic E-state index is 0.0960. The molecule has 0 atom stereocenters. The van der Waals surface area contributed by atoms with Gasteiger partial charge in [0.1, 0.15) is 6.61 Å². The van der Waals surface area contributed by atoms with Crippen LogP contribution in [-0.2, 0) is 6.61 Å². The molecule has 2 aromatic heterocycles. The zero-order chi connectivity index (χ0) is 11.4. The first kappa shape index (κ1) is 11.1. The maximum Gasteiger partial charge on any atom is 0.224 e. The minimum atomic E-state index is 0.0960. The van der Waals surface area contributed by atoms with Gasteiger partial charge in [0.05, 0.1) is 6.20 Å². The summed E-state index contributed by atoms with van der Waals surface area (Å²) in [5.74, 6) is 0.398. The van der Waals surface area contributed by atoms with Gasteiger partial charge in [-0.25, -0.2) is 9.97 Å². The van der Waals surface area contributed by atoms with E-state index in [4.69, 9.17) is 27.9 Å². The van der Waals surface area contributed by atoms with Crippen LogP contribution >= 0.6 is 23.2 Å². The van der Waals surface area contributed by atoms with Crippen LogP contribution in [0.2, 0.25) is 10.4 Å². The number of hydrogen-bond acceptors (Lipinski definition) is 4. The zero-order valence-corrected chi connectivity index (χ0v) is 9.61. The van der Waals surface area contributed by atoms with Gasteiger partial charge in [0.15, 0.2) is 10.9 Å². The molecular weight excluding hydrogens is 249 g/mol. The third-order valence-corrected chi connectivity index (χ3v) is 2.25. The van der Waals surface area contributed by atoms with E-state index >= 15 is 0 Å². The molecule has 0 bridgehead atoms. The molecule has 0 saturated heterocycles. The summed E-state index contributed by atoms with van der Waals surface area (Å²) in [4.78, 5) is 11.5. The van der Waals surface area contributed by atoms with Crippen LogP contribution in [0.15, 0.2) is 30.7 Å². The Bertz CT molecular complexity index is 479. The van der Waals surface area contributed by atoms with Crippen LogP contribution < -0.4 is 4.74 Å². The van der Waals surface area contributed by atoms with E-state index in [1.165, 1.54) is 6.20 Å². The van der Waals surface area contributed by atoms with E-state index in [1.54, 1.807) is 12.4 Å². The van der Waals surface area contributed by atoms with Crippen molar-refractivity contribution < 1.29 is 4.74 Å².